The molecule has 0 saturated heterocycles. The van der Waals surface area contributed by atoms with Crippen molar-refractivity contribution >= 4 is 18.4 Å². The van der Waals surface area contributed by atoms with Gasteiger partial charge in [0.2, 0.25) is 0 Å². The Morgan fingerprint density at radius 1 is 1.27 bits per heavy atom. The van der Waals surface area contributed by atoms with Crippen LogP contribution < -0.4 is 0 Å². The number of aromatic carboxylic acids is 1. The third-order valence-corrected chi connectivity index (χ3v) is 3.97. The number of benzene rings is 1. The Morgan fingerprint density at radius 3 is 2.27 bits per heavy atom. The van der Waals surface area contributed by atoms with Gasteiger partial charge in [-0.25, -0.2) is 4.79 Å². The van der Waals surface area contributed by atoms with E-state index in [1.165, 1.54) is 19.3 Å². The maximum Gasteiger partial charge on any atom is 0.335 e. The molecule has 1 aromatic rings. The third-order valence-electron chi connectivity index (χ3n) is 3.97. The van der Waals surface area contributed by atoms with Crippen molar-refractivity contribution in [1.82, 2.24) is 4.90 Å². The zero-order chi connectivity index (χ0) is 15.9. The molecule has 0 bridgehead atoms. The standard InChI is InChI=1S/C10H21NO.C7H6O2.ClH/c1-10(12)7-5-4-6-9(10)8-11(2)3;8-7(9)6-4-2-1-3-5-6;/h9,12H,4-8H2,1-3H3;1-5H,(H,8,9);1H. The molecule has 1 aliphatic carbocycles. The number of nitrogens with zero attached hydrogens (tertiary/aromatic N) is 1. The van der Waals surface area contributed by atoms with E-state index < -0.39 is 11.6 Å². The molecule has 0 aliphatic heterocycles. The molecule has 0 spiro atoms. The minimum Gasteiger partial charge on any atom is -0.478 e. The second-order valence-electron chi connectivity index (χ2n) is 6.23. The summed E-state index contributed by atoms with van der Waals surface area (Å²) in [5.41, 5.74) is -0.0831. The van der Waals surface area contributed by atoms with Gasteiger partial charge in [0.05, 0.1) is 11.2 Å². The van der Waals surface area contributed by atoms with Crippen molar-refractivity contribution in [2.45, 2.75) is 38.2 Å². The van der Waals surface area contributed by atoms with E-state index in [4.69, 9.17) is 5.11 Å². The first-order chi connectivity index (χ1) is 9.83. The summed E-state index contributed by atoms with van der Waals surface area (Å²) >= 11 is 0. The lowest BCUT2D eigenvalue weighted by Gasteiger charge is -2.38. The third kappa shape index (κ3) is 7.25. The quantitative estimate of drug-likeness (QED) is 0.893. The fraction of sp³-hybridized carbons (Fsp3) is 0.588. The average Bonchev–Trinajstić information content (AvgIpc) is 2.42. The van der Waals surface area contributed by atoms with E-state index >= 15 is 0 Å². The van der Waals surface area contributed by atoms with Crippen molar-refractivity contribution in [2.75, 3.05) is 20.6 Å². The predicted molar refractivity (Wildman–Crippen MR) is 91.8 cm³/mol. The second-order valence-corrected chi connectivity index (χ2v) is 6.23. The number of aliphatic hydroxyl groups is 1. The number of rotatable bonds is 3. The van der Waals surface area contributed by atoms with Gasteiger partial charge in [-0.1, -0.05) is 31.0 Å². The van der Waals surface area contributed by atoms with Gasteiger partial charge in [0, 0.05) is 12.5 Å². The summed E-state index contributed by atoms with van der Waals surface area (Å²) in [5, 5.41) is 18.4. The van der Waals surface area contributed by atoms with E-state index in [1.54, 1.807) is 30.3 Å². The highest BCUT2D eigenvalue weighted by atomic mass is 35.5. The Balaban J connectivity index is 0.000000397. The molecular weight excluding hydrogens is 302 g/mol. The van der Waals surface area contributed by atoms with Gasteiger partial charge in [-0.2, -0.15) is 0 Å². The monoisotopic (exact) mass is 329 g/mol. The van der Waals surface area contributed by atoms with Gasteiger partial charge in [0.15, 0.2) is 0 Å². The van der Waals surface area contributed by atoms with Gasteiger partial charge in [-0.05, 0) is 46.0 Å². The Labute approximate surface area is 139 Å². The van der Waals surface area contributed by atoms with Crippen molar-refractivity contribution < 1.29 is 15.0 Å². The summed E-state index contributed by atoms with van der Waals surface area (Å²) in [6.07, 6.45) is 4.64. The first-order valence-electron chi connectivity index (χ1n) is 7.48. The van der Waals surface area contributed by atoms with Crippen molar-refractivity contribution in [3.63, 3.8) is 0 Å². The smallest absolute Gasteiger partial charge is 0.335 e. The molecule has 2 N–H and O–H groups in total. The number of hydrogen-bond donors (Lipinski definition) is 2. The Morgan fingerprint density at radius 2 is 1.86 bits per heavy atom. The second kappa shape index (κ2) is 9.82. The Kier molecular flexibility index (Phi) is 9.33. The molecule has 0 radical (unpaired) electrons. The van der Waals surface area contributed by atoms with E-state index in [9.17, 15) is 9.90 Å². The summed E-state index contributed by atoms with van der Waals surface area (Å²) in [6.45, 7) is 3.01. The Bertz CT molecular complexity index is 435. The molecule has 2 unspecified atom stereocenters. The Hall–Kier alpha value is -1.10. The molecule has 22 heavy (non-hydrogen) atoms. The number of carboxylic acid groups (broad SMARTS) is 1. The number of hydrogen-bond acceptors (Lipinski definition) is 3. The van der Waals surface area contributed by atoms with Crippen LogP contribution in [0.25, 0.3) is 0 Å². The molecule has 0 amide bonds. The van der Waals surface area contributed by atoms with Crippen LogP contribution in [0.1, 0.15) is 43.0 Å². The lowest BCUT2D eigenvalue weighted by atomic mass is 9.76. The molecule has 126 valence electrons. The highest BCUT2D eigenvalue weighted by Gasteiger charge is 2.34. The van der Waals surface area contributed by atoms with Crippen LogP contribution in [-0.4, -0.2) is 47.3 Å². The van der Waals surface area contributed by atoms with E-state index in [-0.39, 0.29) is 12.4 Å². The topological polar surface area (TPSA) is 60.8 Å². The molecule has 0 heterocycles. The van der Waals surface area contributed by atoms with Crippen LogP contribution in [0.5, 0.6) is 0 Å². The van der Waals surface area contributed by atoms with Gasteiger partial charge < -0.3 is 15.1 Å². The molecule has 1 aromatic carbocycles. The first-order valence-corrected chi connectivity index (χ1v) is 7.48. The predicted octanol–water partition coefficient (Wildman–Crippen LogP) is 3.30. The minimum absolute atomic E-state index is 0. The number of halogens is 1. The summed E-state index contributed by atoms with van der Waals surface area (Å²) in [4.78, 5) is 12.4. The summed E-state index contributed by atoms with van der Waals surface area (Å²) in [5.74, 6) is -0.406. The van der Waals surface area contributed by atoms with Gasteiger partial charge in [-0.15, -0.1) is 12.4 Å². The molecule has 2 atom stereocenters. The van der Waals surface area contributed by atoms with E-state index in [2.05, 4.69) is 19.0 Å². The fourth-order valence-electron chi connectivity index (χ4n) is 2.70. The first kappa shape index (κ1) is 20.9. The van der Waals surface area contributed by atoms with Gasteiger partial charge in [0.1, 0.15) is 0 Å². The minimum atomic E-state index is -0.879. The zero-order valence-electron chi connectivity index (χ0n) is 13.7. The van der Waals surface area contributed by atoms with Gasteiger partial charge in [0.25, 0.3) is 0 Å². The molecule has 1 aliphatic rings. The van der Waals surface area contributed by atoms with Crippen molar-refractivity contribution in [1.29, 1.82) is 0 Å². The van der Waals surface area contributed by atoms with E-state index in [0.29, 0.717) is 11.5 Å². The maximum absolute atomic E-state index is 10.2. The van der Waals surface area contributed by atoms with Crippen LogP contribution in [0.4, 0.5) is 0 Å². The van der Waals surface area contributed by atoms with Crippen LogP contribution in [0.3, 0.4) is 0 Å². The fourth-order valence-corrected chi connectivity index (χ4v) is 2.70. The summed E-state index contributed by atoms with van der Waals surface area (Å²) < 4.78 is 0. The van der Waals surface area contributed by atoms with Gasteiger partial charge in [-0.3, -0.25) is 0 Å². The van der Waals surface area contributed by atoms with Crippen molar-refractivity contribution in [3.05, 3.63) is 35.9 Å². The van der Waals surface area contributed by atoms with Crippen LogP contribution in [0.2, 0.25) is 0 Å². The summed E-state index contributed by atoms with van der Waals surface area (Å²) in [6, 6.07) is 8.30. The maximum atomic E-state index is 10.2. The van der Waals surface area contributed by atoms with Crippen LogP contribution in [0, 0.1) is 5.92 Å². The van der Waals surface area contributed by atoms with Crippen LogP contribution in [-0.2, 0) is 0 Å². The molecule has 1 saturated carbocycles. The molecule has 2 rings (SSSR count). The molecule has 0 aromatic heterocycles. The number of carboxylic acids is 1. The normalized spacial score (nSPS) is 24.0. The molecular formula is C17H28ClNO3. The van der Waals surface area contributed by atoms with E-state index in [0.717, 1.165) is 13.0 Å². The lowest BCUT2D eigenvalue weighted by Crippen LogP contribution is -2.42. The molecule has 5 heteroatoms. The largest absolute Gasteiger partial charge is 0.478 e. The van der Waals surface area contributed by atoms with Gasteiger partial charge >= 0.3 is 5.97 Å². The zero-order valence-corrected chi connectivity index (χ0v) is 14.5. The van der Waals surface area contributed by atoms with E-state index in [1.807, 2.05) is 6.92 Å². The highest BCUT2D eigenvalue weighted by Crippen LogP contribution is 2.33. The lowest BCUT2D eigenvalue weighted by molar-refractivity contribution is -0.0398. The van der Waals surface area contributed by atoms with Crippen LogP contribution in [0.15, 0.2) is 30.3 Å². The SMILES string of the molecule is CN(C)CC1CCCCC1(C)O.Cl.O=C(O)c1ccccc1. The van der Waals surface area contributed by atoms with Crippen molar-refractivity contribution in [3.8, 4) is 0 Å². The van der Waals surface area contributed by atoms with Crippen LogP contribution >= 0.6 is 12.4 Å². The molecule has 1 fully saturated rings. The number of carbonyl (C=O) groups is 1. The summed E-state index contributed by atoms with van der Waals surface area (Å²) in [7, 11) is 4.15. The average molecular weight is 330 g/mol. The molecule has 4 nitrogen and oxygen atoms in total. The van der Waals surface area contributed by atoms with Crippen molar-refractivity contribution in [2.24, 2.45) is 5.92 Å². The highest BCUT2D eigenvalue weighted by molar-refractivity contribution is 5.87.